The highest BCUT2D eigenvalue weighted by Crippen LogP contribution is 2.30. The summed E-state index contributed by atoms with van der Waals surface area (Å²) in [5.41, 5.74) is 3.56. The number of hydrogen-bond donors (Lipinski definition) is 1. The third kappa shape index (κ3) is 0.897. The van der Waals surface area contributed by atoms with E-state index in [1.54, 1.807) is 4.68 Å². The van der Waals surface area contributed by atoms with Gasteiger partial charge in [-0.15, -0.1) is 0 Å². The number of nitrogens with two attached hydrogens (primary N) is 1. The largest absolute Gasteiger partial charge is 0.342 e. The van der Waals surface area contributed by atoms with Crippen LogP contribution in [0.15, 0.2) is 30.5 Å². The van der Waals surface area contributed by atoms with Crippen molar-refractivity contribution < 1.29 is 0 Å². The summed E-state index contributed by atoms with van der Waals surface area (Å²) < 4.78 is 3.87. The van der Waals surface area contributed by atoms with Gasteiger partial charge < -0.3 is 10.4 Å². The molecular weight excluding hydrogens is 186 g/mol. The van der Waals surface area contributed by atoms with Crippen LogP contribution in [0.2, 0.25) is 0 Å². The van der Waals surface area contributed by atoms with E-state index in [9.17, 15) is 0 Å². The molecule has 0 aliphatic heterocycles. The van der Waals surface area contributed by atoms with Crippen LogP contribution in [-0.4, -0.2) is 9.24 Å². The highest BCUT2D eigenvalue weighted by atomic mass is 15.3. The molecule has 2 heterocycles. The van der Waals surface area contributed by atoms with Crippen molar-refractivity contribution in [3.63, 3.8) is 0 Å². The minimum absolute atomic E-state index is 1.11. The monoisotopic (exact) mass is 199 g/mol. The first-order valence-electron chi connectivity index (χ1n) is 5.00. The zero-order chi connectivity index (χ0) is 10.6. The average molecular weight is 199 g/mol. The quantitative estimate of drug-likeness (QED) is 0.553. The number of para-hydroxylation sites is 1. The molecule has 0 atom stereocenters. The molecule has 3 rings (SSSR count). The molecule has 1 aromatic carbocycles. The zero-order valence-electron chi connectivity index (χ0n) is 8.86. The zero-order valence-corrected chi connectivity index (χ0v) is 8.86. The number of aromatic nitrogens is 2. The maximum absolute atomic E-state index is 5.86. The molecule has 3 aromatic rings. The molecule has 0 amide bonds. The third-order valence-electron chi connectivity index (χ3n) is 3.16. The molecule has 3 heteroatoms. The molecule has 2 aromatic heterocycles. The standard InChI is InChI=1S/C12H13N3/c1-8-12-9-5-3-4-6-10(9)14(2)11(12)7-15(8)13/h3-7H,13H2,1-2H3. The second kappa shape index (κ2) is 2.57. The molecule has 0 saturated carbocycles. The fourth-order valence-corrected chi connectivity index (χ4v) is 2.30. The lowest BCUT2D eigenvalue weighted by molar-refractivity contribution is 0.954. The number of aryl methyl sites for hydroxylation is 2. The molecule has 0 spiro atoms. The molecule has 0 saturated heterocycles. The van der Waals surface area contributed by atoms with Gasteiger partial charge in [-0.25, -0.2) is 0 Å². The van der Waals surface area contributed by atoms with Gasteiger partial charge in [-0.1, -0.05) is 18.2 Å². The molecule has 0 aliphatic carbocycles. The molecule has 15 heavy (non-hydrogen) atoms. The summed E-state index contributed by atoms with van der Waals surface area (Å²) in [5, 5.41) is 2.53. The molecule has 2 N–H and O–H groups in total. The van der Waals surface area contributed by atoms with Gasteiger partial charge in [0, 0.05) is 29.0 Å². The van der Waals surface area contributed by atoms with E-state index in [-0.39, 0.29) is 0 Å². The molecular formula is C12H13N3. The van der Waals surface area contributed by atoms with Gasteiger partial charge in [-0.3, -0.25) is 4.68 Å². The summed E-state index contributed by atoms with van der Waals surface area (Å²) in [7, 11) is 2.07. The number of nitrogen functional groups attached to an aromatic ring is 1. The SMILES string of the molecule is Cc1c2c3ccccc3n(C)c2cn1N. The molecule has 0 unspecified atom stereocenters. The van der Waals surface area contributed by atoms with Crippen molar-refractivity contribution in [1.29, 1.82) is 0 Å². The minimum Gasteiger partial charge on any atom is -0.342 e. The predicted octanol–water partition coefficient (Wildman–Crippen LogP) is 2.16. The van der Waals surface area contributed by atoms with Gasteiger partial charge in [0.25, 0.3) is 0 Å². The Hall–Kier alpha value is -1.90. The Balaban J connectivity index is 2.68. The summed E-state index contributed by atoms with van der Waals surface area (Å²) in [4.78, 5) is 0. The van der Waals surface area contributed by atoms with Crippen LogP contribution in [0.5, 0.6) is 0 Å². The molecule has 3 nitrogen and oxygen atoms in total. The summed E-state index contributed by atoms with van der Waals surface area (Å²) in [6.07, 6.45) is 1.98. The van der Waals surface area contributed by atoms with Crippen LogP contribution in [0.4, 0.5) is 0 Å². The van der Waals surface area contributed by atoms with Crippen LogP contribution in [0.1, 0.15) is 5.69 Å². The number of hydrogen-bond acceptors (Lipinski definition) is 1. The van der Waals surface area contributed by atoms with Crippen LogP contribution >= 0.6 is 0 Å². The van der Waals surface area contributed by atoms with Gasteiger partial charge in [-0.2, -0.15) is 0 Å². The molecule has 0 aliphatic rings. The highest BCUT2D eigenvalue weighted by Gasteiger charge is 2.12. The van der Waals surface area contributed by atoms with E-state index >= 15 is 0 Å². The van der Waals surface area contributed by atoms with E-state index in [4.69, 9.17) is 5.84 Å². The second-order valence-corrected chi connectivity index (χ2v) is 3.96. The van der Waals surface area contributed by atoms with Crippen molar-refractivity contribution >= 4 is 21.8 Å². The smallest absolute Gasteiger partial charge is 0.0692 e. The van der Waals surface area contributed by atoms with Crippen molar-refractivity contribution in [2.45, 2.75) is 6.92 Å². The number of nitrogens with zero attached hydrogens (tertiary/aromatic N) is 2. The highest BCUT2D eigenvalue weighted by molar-refractivity contribution is 6.09. The molecule has 0 bridgehead atoms. The van der Waals surface area contributed by atoms with E-state index in [0.717, 1.165) is 5.69 Å². The first kappa shape index (κ1) is 8.41. The number of rotatable bonds is 0. The second-order valence-electron chi connectivity index (χ2n) is 3.96. The van der Waals surface area contributed by atoms with Crippen molar-refractivity contribution in [1.82, 2.24) is 9.24 Å². The topological polar surface area (TPSA) is 35.9 Å². The molecule has 0 radical (unpaired) electrons. The van der Waals surface area contributed by atoms with Crippen molar-refractivity contribution in [2.75, 3.05) is 5.84 Å². The lowest BCUT2D eigenvalue weighted by Gasteiger charge is -1.98. The van der Waals surface area contributed by atoms with Gasteiger partial charge in [0.15, 0.2) is 0 Å². The third-order valence-corrected chi connectivity index (χ3v) is 3.16. The van der Waals surface area contributed by atoms with Crippen LogP contribution < -0.4 is 5.84 Å². The van der Waals surface area contributed by atoms with E-state index in [2.05, 4.69) is 42.8 Å². The van der Waals surface area contributed by atoms with Crippen LogP contribution in [0.3, 0.4) is 0 Å². The number of benzene rings is 1. The lowest BCUT2D eigenvalue weighted by atomic mass is 10.2. The van der Waals surface area contributed by atoms with E-state index < -0.39 is 0 Å². The summed E-state index contributed by atoms with van der Waals surface area (Å²) in [6, 6.07) is 8.41. The first-order valence-corrected chi connectivity index (χ1v) is 5.00. The molecule has 0 fully saturated rings. The Morgan fingerprint density at radius 2 is 1.87 bits per heavy atom. The van der Waals surface area contributed by atoms with Crippen molar-refractivity contribution in [3.8, 4) is 0 Å². The van der Waals surface area contributed by atoms with Crippen molar-refractivity contribution in [2.24, 2.45) is 7.05 Å². The Labute approximate surface area is 87.7 Å². The number of fused-ring (bicyclic) bond motifs is 3. The van der Waals surface area contributed by atoms with Gasteiger partial charge in [0.2, 0.25) is 0 Å². The van der Waals surface area contributed by atoms with Crippen LogP contribution in [0.25, 0.3) is 21.8 Å². The lowest BCUT2D eigenvalue weighted by Crippen LogP contribution is -2.07. The summed E-state index contributed by atoms with van der Waals surface area (Å²) >= 11 is 0. The molecule has 76 valence electrons. The van der Waals surface area contributed by atoms with Crippen LogP contribution in [-0.2, 0) is 7.05 Å². The predicted molar refractivity (Wildman–Crippen MR) is 63.3 cm³/mol. The summed E-state index contributed by atoms with van der Waals surface area (Å²) in [5.74, 6) is 5.86. The Bertz CT molecular complexity index is 658. The van der Waals surface area contributed by atoms with Crippen LogP contribution in [0, 0.1) is 6.92 Å². The fourth-order valence-electron chi connectivity index (χ4n) is 2.30. The Morgan fingerprint density at radius 3 is 2.67 bits per heavy atom. The van der Waals surface area contributed by atoms with E-state index in [1.807, 2.05) is 6.20 Å². The minimum atomic E-state index is 1.11. The maximum Gasteiger partial charge on any atom is 0.0692 e. The van der Waals surface area contributed by atoms with Gasteiger partial charge >= 0.3 is 0 Å². The van der Waals surface area contributed by atoms with Gasteiger partial charge in [0.1, 0.15) is 0 Å². The van der Waals surface area contributed by atoms with Gasteiger partial charge in [0.05, 0.1) is 11.7 Å². The first-order chi connectivity index (χ1) is 7.20. The maximum atomic E-state index is 5.86. The van der Waals surface area contributed by atoms with E-state index in [0.29, 0.717) is 0 Å². The Morgan fingerprint density at radius 1 is 1.13 bits per heavy atom. The summed E-state index contributed by atoms with van der Waals surface area (Å²) in [6.45, 7) is 2.05. The van der Waals surface area contributed by atoms with Gasteiger partial charge in [-0.05, 0) is 13.0 Å². The fraction of sp³-hybridized carbons (Fsp3) is 0.167. The average Bonchev–Trinajstić information content (AvgIpc) is 2.68. The van der Waals surface area contributed by atoms with Crippen molar-refractivity contribution in [3.05, 3.63) is 36.2 Å². The normalized spacial score (nSPS) is 11.6. The van der Waals surface area contributed by atoms with E-state index in [1.165, 1.54) is 21.8 Å². The Kier molecular flexibility index (Phi) is 1.44.